The van der Waals surface area contributed by atoms with E-state index in [1.165, 1.54) is 4.31 Å². The second-order valence-corrected chi connectivity index (χ2v) is 6.77. The van der Waals surface area contributed by atoms with Gasteiger partial charge in [-0.1, -0.05) is 22.9 Å². The molecule has 0 N–H and O–H groups in total. The molecule has 0 aliphatic rings. The normalized spacial score (nSPS) is 11.2. The molecule has 0 atom stereocenters. The molecule has 0 spiro atoms. The molecule has 1 heterocycles. The molecule has 1 aromatic carbocycles. The Morgan fingerprint density at radius 2 is 1.86 bits per heavy atom. The van der Waals surface area contributed by atoms with E-state index < -0.39 is 10.0 Å². The Morgan fingerprint density at radius 1 is 1.23 bits per heavy atom. The topological polar surface area (TPSA) is 87.2 Å². The van der Waals surface area contributed by atoms with Gasteiger partial charge in [0.25, 0.3) is 10.0 Å². The van der Waals surface area contributed by atoms with Crippen LogP contribution in [-0.2, 0) is 10.0 Å². The third kappa shape index (κ3) is 2.97. The fraction of sp³-hybridized carbons (Fsp3) is 0.333. The highest BCUT2D eigenvalue weighted by molar-refractivity contribution is 7.93. The van der Waals surface area contributed by atoms with Crippen LogP contribution in [-0.4, -0.2) is 20.1 Å². The van der Waals surface area contributed by atoms with E-state index in [1.54, 1.807) is 26.0 Å². The molecule has 2 aromatic rings. The maximum absolute atomic E-state index is 12.9. The number of hydrogen-bond donors (Lipinski definition) is 0. The molecule has 0 saturated carbocycles. The van der Waals surface area contributed by atoms with Crippen molar-refractivity contribution >= 4 is 15.7 Å². The van der Waals surface area contributed by atoms with E-state index in [9.17, 15) is 8.42 Å². The van der Waals surface area contributed by atoms with Gasteiger partial charge in [-0.25, -0.2) is 8.42 Å². The summed E-state index contributed by atoms with van der Waals surface area (Å²) in [6, 6.07) is 9.09. The molecule has 6 nitrogen and oxygen atoms in total. The van der Waals surface area contributed by atoms with Crippen LogP contribution in [0.25, 0.3) is 0 Å². The number of benzene rings is 1. The first-order valence-corrected chi connectivity index (χ1v) is 8.21. The molecule has 0 amide bonds. The van der Waals surface area contributed by atoms with Crippen LogP contribution in [0.1, 0.15) is 23.4 Å². The van der Waals surface area contributed by atoms with Gasteiger partial charge in [0.15, 0.2) is 10.7 Å². The molecule has 0 aliphatic heterocycles. The van der Waals surface area contributed by atoms with Crippen molar-refractivity contribution in [1.29, 1.82) is 5.26 Å². The highest BCUT2D eigenvalue weighted by Gasteiger charge is 2.31. The Labute approximate surface area is 130 Å². The molecule has 2 rings (SSSR count). The van der Waals surface area contributed by atoms with E-state index in [4.69, 9.17) is 9.78 Å². The van der Waals surface area contributed by atoms with Crippen LogP contribution >= 0.6 is 0 Å². The lowest BCUT2D eigenvalue weighted by molar-refractivity contribution is 0.390. The number of rotatable bonds is 5. The van der Waals surface area contributed by atoms with Crippen molar-refractivity contribution in [3.8, 4) is 6.07 Å². The van der Waals surface area contributed by atoms with Crippen LogP contribution in [0, 0.1) is 32.1 Å². The maximum atomic E-state index is 12.9. The molecular weight excluding hydrogens is 302 g/mol. The van der Waals surface area contributed by atoms with Crippen molar-refractivity contribution in [2.24, 2.45) is 0 Å². The number of aromatic nitrogens is 1. The van der Waals surface area contributed by atoms with E-state index in [1.807, 2.05) is 25.1 Å². The zero-order chi connectivity index (χ0) is 16.3. The van der Waals surface area contributed by atoms with Crippen LogP contribution in [0.4, 0.5) is 5.69 Å². The van der Waals surface area contributed by atoms with Gasteiger partial charge in [-0.3, -0.25) is 4.31 Å². The highest BCUT2D eigenvalue weighted by Crippen LogP contribution is 2.28. The summed E-state index contributed by atoms with van der Waals surface area (Å²) < 4.78 is 32.1. The number of sulfonamides is 1. The summed E-state index contributed by atoms with van der Waals surface area (Å²) in [6.07, 6.45) is 0.0937. The fourth-order valence-corrected chi connectivity index (χ4v) is 3.97. The predicted octanol–water partition coefficient (Wildman–Crippen LogP) is 2.71. The second kappa shape index (κ2) is 6.20. The molecule has 22 heavy (non-hydrogen) atoms. The van der Waals surface area contributed by atoms with Gasteiger partial charge in [-0.05, 0) is 32.9 Å². The average molecular weight is 319 g/mol. The molecule has 0 aliphatic carbocycles. The van der Waals surface area contributed by atoms with Crippen LogP contribution < -0.4 is 4.31 Å². The second-order valence-electron chi connectivity index (χ2n) is 4.97. The first-order valence-electron chi connectivity index (χ1n) is 6.77. The summed E-state index contributed by atoms with van der Waals surface area (Å²) in [5, 5.41) is 12.5. The SMILES string of the molecule is Cc1ccc(N(CCC#N)S(=O)(=O)c2c(C)noc2C)cc1. The third-order valence-electron chi connectivity index (χ3n) is 3.26. The van der Waals surface area contributed by atoms with Gasteiger partial charge in [-0.2, -0.15) is 5.26 Å². The van der Waals surface area contributed by atoms with Gasteiger partial charge in [0.2, 0.25) is 0 Å². The van der Waals surface area contributed by atoms with Gasteiger partial charge in [-0.15, -0.1) is 0 Å². The van der Waals surface area contributed by atoms with E-state index in [0.717, 1.165) is 5.56 Å². The summed E-state index contributed by atoms with van der Waals surface area (Å²) in [7, 11) is -3.83. The predicted molar refractivity (Wildman–Crippen MR) is 81.9 cm³/mol. The van der Waals surface area contributed by atoms with E-state index in [0.29, 0.717) is 11.4 Å². The summed E-state index contributed by atoms with van der Waals surface area (Å²) in [5.41, 5.74) is 1.85. The van der Waals surface area contributed by atoms with E-state index >= 15 is 0 Å². The summed E-state index contributed by atoms with van der Waals surface area (Å²) >= 11 is 0. The number of anilines is 1. The first kappa shape index (κ1) is 16.0. The van der Waals surface area contributed by atoms with Crippen molar-refractivity contribution < 1.29 is 12.9 Å². The lowest BCUT2D eigenvalue weighted by atomic mass is 10.2. The fourth-order valence-electron chi connectivity index (χ4n) is 2.20. The molecule has 1 aromatic heterocycles. The van der Waals surface area contributed by atoms with Crippen LogP contribution in [0.5, 0.6) is 0 Å². The van der Waals surface area contributed by atoms with Gasteiger partial charge >= 0.3 is 0 Å². The number of nitrogens with zero attached hydrogens (tertiary/aromatic N) is 3. The summed E-state index contributed by atoms with van der Waals surface area (Å²) in [6.45, 7) is 5.14. The standard InChI is InChI=1S/C15H17N3O3S/c1-11-5-7-14(8-6-11)18(10-4-9-16)22(19,20)15-12(2)17-21-13(15)3/h5-8H,4,10H2,1-3H3. The Bertz CT molecular complexity index is 782. The van der Waals surface area contributed by atoms with Crippen molar-refractivity contribution in [3.05, 3.63) is 41.3 Å². The van der Waals surface area contributed by atoms with Crippen LogP contribution in [0.2, 0.25) is 0 Å². The van der Waals surface area contributed by atoms with Gasteiger partial charge in [0, 0.05) is 6.54 Å². The highest BCUT2D eigenvalue weighted by atomic mass is 32.2. The van der Waals surface area contributed by atoms with E-state index in [2.05, 4.69) is 5.16 Å². The summed E-state index contributed by atoms with van der Waals surface area (Å²) in [4.78, 5) is 0.0611. The minimum absolute atomic E-state index is 0.0611. The van der Waals surface area contributed by atoms with E-state index in [-0.39, 0.29) is 23.6 Å². The smallest absolute Gasteiger partial charge is 0.269 e. The monoisotopic (exact) mass is 319 g/mol. The van der Waals surface area contributed by atoms with Crippen molar-refractivity contribution in [2.75, 3.05) is 10.8 Å². The molecular formula is C15H17N3O3S. The molecule has 7 heteroatoms. The van der Waals surface area contributed by atoms with Crippen LogP contribution in [0.3, 0.4) is 0 Å². The third-order valence-corrected chi connectivity index (χ3v) is 5.34. The molecule has 116 valence electrons. The molecule has 0 radical (unpaired) electrons. The largest absolute Gasteiger partial charge is 0.360 e. The first-order chi connectivity index (χ1) is 10.4. The van der Waals surface area contributed by atoms with Crippen molar-refractivity contribution in [1.82, 2.24) is 5.16 Å². The molecule has 0 bridgehead atoms. The Kier molecular flexibility index (Phi) is 4.52. The Morgan fingerprint density at radius 3 is 2.36 bits per heavy atom. The zero-order valence-electron chi connectivity index (χ0n) is 12.7. The number of nitriles is 1. The van der Waals surface area contributed by atoms with Crippen LogP contribution in [0.15, 0.2) is 33.7 Å². The number of hydrogen-bond acceptors (Lipinski definition) is 5. The van der Waals surface area contributed by atoms with Gasteiger partial charge in [0.05, 0.1) is 18.2 Å². The van der Waals surface area contributed by atoms with Crippen molar-refractivity contribution in [2.45, 2.75) is 32.1 Å². The minimum atomic E-state index is -3.83. The lowest BCUT2D eigenvalue weighted by Crippen LogP contribution is -2.32. The molecule has 0 fully saturated rings. The number of aryl methyl sites for hydroxylation is 3. The van der Waals surface area contributed by atoms with Gasteiger partial charge < -0.3 is 4.52 Å². The Balaban J connectivity index is 2.54. The minimum Gasteiger partial charge on any atom is -0.360 e. The molecule has 0 unspecified atom stereocenters. The average Bonchev–Trinajstić information content (AvgIpc) is 2.81. The summed E-state index contributed by atoms with van der Waals surface area (Å²) in [5.74, 6) is 0.242. The Hall–Kier alpha value is -2.33. The van der Waals surface area contributed by atoms with Gasteiger partial charge in [0.1, 0.15) is 5.69 Å². The zero-order valence-corrected chi connectivity index (χ0v) is 13.5. The quantitative estimate of drug-likeness (QED) is 0.845. The lowest BCUT2D eigenvalue weighted by Gasteiger charge is -2.23. The van der Waals surface area contributed by atoms with Crippen molar-refractivity contribution in [3.63, 3.8) is 0 Å². The maximum Gasteiger partial charge on any atom is 0.269 e. The molecule has 0 saturated heterocycles.